The van der Waals surface area contributed by atoms with Crippen molar-refractivity contribution in [1.29, 1.82) is 0 Å². The molecule has 104 valence electrons. The predicted octanol–water partition coefficient (Wildman–Crippen LogP) is 2.34. The lowest BCUT2D eigenvalue weighted by molar-refractivity contribution is -0.121. The second-order valence-electron chi connectivity index (χ2n) is 4.45. The topological polar surface area (TPSA) is 51.2 Å². The van der Waals surface area contributed by atoms with Gasteiger partial charge in [0.25, 0.3) is 0 Å². The summed E-state index contributed by atoms with van der Waals surface area (Å²) in [6, 6.07) is 13.4. The van der Waals surface area contributed by atoms with Crippen molar-refractivity contribution < 1.29 is 9.53 Å². The van der Waals surface area contributed by atoms with Gasteiger partial charge in [0.05, 0.1) is 19.3 Å². The molecule has 0 aliphatic carbocycles. The van der Waals surface area contributed by atoms with Crippen LogP contribution in [0.25, 0.3) is 0 Å². The molecule has 0 fully saturated rings. The van der Waals surface area contributed by atoms with Crippen molar-refractivity contribution in [1.82, 2.24) is 10.3 Å². The first-order valence-corrected chi connectivity index (χ1v) is 6.57. The normalized spacial score (nSPS) is 10.1. The maximum absolute atomic E-state index is 11.7. The fourth-order valence-corrected chi connectivity index (χ4v) is 1.83. The number of carbonyl (C=O) groups excluding carboxylic acids is 1. The second kappa shape index (κ2) is 7.28. The molecule has 0 saturated carbocycles. The predicted molar refractivity (Wildman–Crippen MR) is 77.4 cm³/mol. The van der Waals surface area contributed by atoms with E-state index in [-0.39, 0.29) is 5.91 Å². The van der Waals surface area contributed by atoms with Crippen LogP contribution in [-0.2, 0) is 17.8 Å². The molecule has 0 atom stereocenters. The molecule has 1 heterocycles. The van der Waals surface area contributed by atoms with Crippen molar-refractivity contribution in [2.45, 2.75) is 19.4 Å². The van der Waals surface area contributed by atoms with Gasteiger partial charge in [0.1, 0.15) is 5.75 Å². The van der Waals surface area contributed by atoms with Crippen LogP contribution in [0.4, 0.5) is 0 Å². The fourth-order valence-electron chi connectivity index (χ4n) is 1.83. The number of aromatic nitrogens is 1. The first kappa shape index (κ1) is 14.1. The third-order valence-corrected chi connectivity index (χ3v) is 2.99. The largest absolute Gasteiger partial charge is 0.497 e. The first-order valence-electron chi connectivity index (χ1n) is 6.57. The van der Waals surface area contributed by atoms with Crippen LogP contribution in [0, 0.1) is 0 Å². The van der Waals surface area contributed by atoms with Gasteiger partial charge in [-0.1, -0.05) is 18.2 Å². The van der Waals surface area contributed by atoms with Crippen molar-refractivity contribution >= 4 is 5.91 Å². The Morgan fingerprint density at radius 2 is 2.00 bits per heavy atom. The highest BCUT2D eigenvalue weighted by Crippen LogP contribution is 2.12. The minimum absolute atomic E-state index is 0.0338. The Hall–Kier alpha value is -2.36. The molecule has 4 heteroatoms. The van der Waals surface area contributed by atoms with Crippen LogP contribution in [0.2, 0.25) is 0 Å². The fraction of sp³-hybridized carbons (Fsp3) is 0.250. The van der Waals surface area contributed by atoms with E-state index in [1.165, 1.54) is 0 Å². The van der Waals surface area contributed by atoms with Gasteiger partial charge >= 0.3 is 0 Å². The van der Waals surface area contributed by atoms with Crippen LogP contribution in [0.5, 0.6) is 5.75 Å². The van der Waals surface area contributed by atoms with Gasteiger partial charge in [0, 0.05) is 12.6 Å². The van der Waals surface area contributed by atoms with E-state index in [4.69, 9.17) is 4.74 Å². The number of pyridine rings is 1. The number of ether oxygens (including phenoxy) is 1. The molecule has 0 unspecified atom stereocenters. The molecule has 2 rings (SSSR count). The quantitative estimate of drug-likeness (QED) is 0.876. The molecule has 0 aliphatic heterocycles. The molecule has 2 aromatic rings. The van der Waals surface area contributed by atoms with Crippen molar-refractivity contribution in [2.24, 2.45) is 0 Å². The van der Waals surface area contributed by atoms with Gasteiger partial charge in [-0.2, -0.15) is 0 Å². The molecule has 0 radical (unpaired) electrons. The van der Waals surface area contributed by atoms with Crippen molar-refractivity contribution in [3.63, 3.8) is 0 Å². The van der Waals surface area contributed by atoms with E-state index in [1.807, 2.05) is 42.5 Å². The maximum atomic E-state index is 11.7. The number of benzene rings is 1. The van der Waals surface area contributed by atoms with Crippen molar-refractivity contribution in [2.75, 3.05) is 7.11 Å². The van der Waals surface area contributed by atoms with E-state index >= 15 is 0 Å². The third kappa shape index (κ3) is 4.39. The average Bonchev–Trinajstić information content (AvgIpc) is 2.52. The molecular weight excluding hydrogens is 252 g/mol. The Morgan fingerprint density at radius 3 is 2.65 bits per heavy atom. The molecule has 1 N–H and O–H groups in total. The Labute approximate surface area is 118 Å². The summed E-state index contributed by atoms with van der Waals surface area (Å²) in [5.74, 6) is 0.861. The molecule has 0 saturated heterocycles. The molecule has 20 heavy (non-hydrogen) atoms. The second-order valence-corrected chi connectivity index (χ2v) is 4.45. The zero-order valence-corrected chi connectivity index (χ0v) is 11.5. The molecule has 4 nitrogen and oxygen atoms in total. The average molecular weight is 270 g/mol. The van der Waals surface area contributed by atoms with Crippen molar-refractivity contribution in [3.8, 4) is 5.75 Å². The van der Waals surface area contributed by atoms with E-state index in [0.29, 0.717) is 13.0 Å². The van der Waals surface area contributed by atoms with Gasteiger partial charge < -0.3 is 10.1 Å². The Morgan fingerprint density at radius 1 is 1.20 bits per heavy atom. The number of hydrogen-bond donors (Lipinski definition) is 1. The Balaban J connectivity index is 1.74. The Bertz CT molecular complexity index is 538. The van der Waals surface area contributed by atoms with E-state index in [1.54, 1.807) is 13.3 Å². The zero-order valence-electron chi connectivity index (χ0n) is 11.5. The maximum Gasteiger partial charge on any atom is 0.220 e. The molecular formula is C16H18N2O2. The summed E-state index contributed by atoms with van der Waals surface area (Å²) in [4.78, 5) is 15.9. The smallest absolute Gasteiger partial charge is 0.220 e. The first-order chi connectivity index (χ1) is 9.78. The van der Waals surface area contributed by atoms with Gasteiger partial charge in [-0.3, -0.25) is 9.78 Å². The standard InChI is InChI=1S/C16H18N2O2/c1-20-15-8-5-13(6-9-15)7-10-16(19)18-12-14-4-2-3-11-17-14/h2-6,8-9,11H,7,10,12H2,1H3,(H,18,19). The minimum atomic E-state index is 0.0338. The summed E-state index contributed by atoms with van der Waals surface area (Å²) in [6.07, 6.45) is 2.91. The lowest BCUT2D eigenvalue weighted by Crippen LogP contribution is -2.23. The van der Waals surface area contributed by atoms with Crippen LogP contribution in [-0.4, -0.2) is 18.0 Å². The monoisotopic (exact) mass is 270 g/mol. The lowest BCUT2D eigenvalue weighted by atomic mass is 10.1. The van der Waals surface area contributed by atoms with Crippen molar-refractivity contribution in [3.05, 3.63) is 59.9 Å². The van der Waals surface area contributed by atoms with Gasteiger partial charge in [-0.15, -0.1) is 0 Å². The van der Waals surface area contributed by atoms with E-state index < -0.39 is 0 Å². The summed E-state index contributed by atoms with van der Waals surface area (Å²) < 4.78 is 5.10. The molecule has 1 amide bonds. The van der Waals surface area contributed by atoms with E-state index in [2.05, 4.69) is 10.3 Å². The van der Waals surface area contributed by atoms with Gasteiger partial charge in [0.2, 0.25) is 5.91 Å². The number of nitrogens with one attached hydrogen (secondary N) is 1. The summed E-state index contributed by atoms with van der Waals surface area (Å²) in [7, 11) is 1.64. The zero-order chi connectivity index (χ0) is 14.2. The molecule has 0 bridgehead atoms. The highest BCUT2D eigenvalue weighted by atomic mass is 16.5. The minimum Gasteiger partial charge on any atom is -0.497 e. The molecule has 0 spiro atoms. The van der Waals surface area contributed by atoms with E-state index in [9.17, 15) is 4.79 Å². The molecule has 1 aromatic carbocycles. The summed E-state index contributed by atoms with van der Waals surface area (Å²) in [5, 5.41) is 2.87. The van der Waals surface area contributed by atoms with E-state index in [0.717, 1.165) is 23.4 Å². The molecule has 1 aromatic heterocycles. The van der Waals surface area contributed by atoms with Crippen LogP contribution in [0.3, 0.4) is 0 Å². The summed E-state index contributed by atoms with van der Waals surface area (Å²) in [6.45, 7) is 0.474. The molecule has 0 aliphatic rings. The number of nitrogens with zero attached hydrogens (tertiary/aromatic N) is 1. The van der Waals surface area contributed by atoms with Gasteiger partial charge in [-0.25, -0.2) is 0 Å². The van der Waals surface area contributed by atoms with Crippen LogP contribution >= 0.6 is 0 Å². The Kier molecular flexibility index (Phi) is 5.12. The summed E-state index contributed by atoms with van der Waals surface area (Å²) in [5.41, 5.74) is 1.99. The SMILES string of the molecule is COc1ccc(CCC(=O)NCc2ccccn2)cc1. The highest BCUT2D eigenvalue weighted by molar-refractivity contribution is 5.76. The number of amides is 1. The number of rotatable bonds is 6. The number of carbonyl (C=O) groups is 1. The van der Waals surface area contributed by atoms with Crippen LogP contribution in [0.1, 0.15) is 17.7 Å². The van der Waals surface area contributed by atoms with Crippen LogP contribution < -0.4 is 10.1 Å². The summed E-state index contributed by atoms with van der Waals surface area (Å²) >= 11 is 0. The number of methoxy groups -OCH3 is 1. The highest BCUT2D eigenvalue weighted by Gasteiger charge is 2.03. The number of hydrogen-bond acceptors (Lipinski definition) is 3. The third-order valence-electron chi connectivity index (χ3n) is 2.99. The van der Waals surface area contributed by atoms with Gasteiger partial charge in [-0.05, 0) is 36.2 Å². The van der Waals surface area contributed by atoms with Crippen LogP contribution in [0.15, 0.2) is 48.7 Å². The lowest BCUT2D eigenvalue weighted by Gasteiger charge is -2.05. The number of aryl methyl sites for hydroxylation is 1. The van der Waals surface area contributed by atoms with Gasteiger partial charge in [0.15, 0.2) is 0 Å².